The zero-order valence-corrected chi connectivity index (χ0v) is 12.6. The van der Waals surface area contributed by atoms with Gasteiger partial charge in [-0.25, -0.2) is 0 Å². The van der Waals surface area contributed by atoms with Crippen LogP contribution in [0.3, 0.4) is 0 Å². The first-order chi connectivity index (χ1) is 10.7. The molecular formula is C17H20N4O. The minimum absolute atomic E-state index is 0.0384. The van der Waals surface area contributed by atoms with Crippen LogP contribution >= 0.6 is 0 Å². The van der Waals surface area contributed by atoms with Crippen molar-refractivity contribution in [2.75, 3.05) is 6.54 Å². The number of hydrogen-bond acceptors (Lipinski definition) is 2. The Hall–Kier alpha value is -2.30. The summed E-state index contributed by atoms with van der Waals surface area (Å²) in [5, 5.41) is 7.34. The van der Waals surface area contributed by atoms with E-state index >= 15 is 0 Å². The van der Waals surface area contributed by atoms with Crippen LogP contribution in [0.4, 0.5) is 0 Å². The molecule has 22 heavy (non-hydrogen) atoms. The fourth-order valence-corrected chi connectivity index (χ4v) is 3.82. The van der Waals surface area contributed by atoms with Crippen molar-refractivity contribution in [3.8, 4) is 5.82 Å². The van der Waals surface area contributed by atoms with Crippen molar-refractivity contribution in [1.29, 1.82) is 0 Å². The quantitative estimate of drug-likeness (QED) is 0.879. The molecule has 2 aromatic rings. The molecule has 114 valence electrons. The molecular weight excluding hydrogens is 276 g/mol. The lowest BCUT2D eigenvalue weighted by Crippen LogP contribution is -2.31. The van der Waals surface area contributed by atoms with E-state index in [-0.39, 0.29) is 5.91 Å². The normalized spacial score (nSPS) is 25.8. The first-order valence-corrected chi connectivity index (χ1v) is 7.84. The van der Waals surface area contributed by atoms with Gasteiger partial charge < -0.3 is 9.88 Å². The number of hydrogen-bond donors (Lipinski definition) is 1. The second kappa shape index (κ2) is 5.16. The minimum Gasteiger partial charge on any atom is -0.352 e. The maximum absolute atomic E-state index is 12.5. The Balaban J connectivity index is 1.48. The number of carbonyl (C=O) groups is 1. The monoisotopic (exact) mass is 296 g/mol. The summed E-state index contributed by atoms with van der Waals surface area (Å²) >= 11 is 0. The van der Waals surface area contributed by atoms with E-state index in [0.29, 0.717) is 17.4 Å². The Morgan fingerprint density at radius 1 is 1.32 bits per heavy atom. The van der Waals surface area contributed by atoms with Gasteiger partial charge in [-0.3, -0.25) is 9.48 Å². The van der Waals surface area contributed by atoms with E-state index < -0.39 is 0 Å². The van der Waals surface area contributed by atoms with Gasteiger partial charge in [-0.2, -0.15) is 5.10 Å². The number of fused-ring (bicyclic) bond motifs is 2. The van der Waals surface area contributed by atoms with Gasteiger partial charge in [0.25, 0.3) is 5.91 Å². The zero-order valence-electron chi connectivity index (χ0n) is 12.6. The summed E-state index contributed by atoms with van der Waals surface area (Å²) in [5.74, 6) is 2.74. The largest absolute Gasteiger partial charge is 0.352 e. The van der Waals surface area contributed by atoms with E-state index in [2.05, 4.69) is 22.6 Å². The van der Waals surface area contributed by atoms with E-state index in [1.54, 1.807) is 10.9 Å². The second-order valence-electron chi connectivity index (χ2n) is 6.35. The molecule has 5 nitrogen and oxygen atoms in total. The topological polar surface area (TPSA) is 51.9 Å². The lowest BCUT2D eigenvalue weighted by atomic mass is 9.93. The van der Waals surface area contributed by atoms with Crippen molar-refractivity contribution in [3.63, 3.8) is 0 Å². The summed E-state index contributed by atoms with van der Waals surface area (Å²) < 4.78 is 3.65. The van der Waals surface area contributed by atoms with Crippen molar-refractivity contribution in [1.82, 2.24) is 19.7 Å². The second-order valence-corrected chi connectivity index (χ2v) is 6.35. The molecule has 2 aliphatic carbocycles. The third-order valence-electron chi connectivity index (χ3n) is 4.94. The van der Waals surface area contributed by atoms with Crippen LogP contribution in [0.1, 0.15) is 23.2 Å². The number of aryl methyl sites for hydroxylation is 1. The lowest BCUT2D eigenvalue weighted by molar-refractivity contribution is 0.0945. The van der Waals surface area contributed by atoms with Crippen LogP contribution in [-0.4, -0.2) is 26.8 Å². The Morgan fingerprint density at radius 2 is 2.14 bits per heavy atom. The van der Waals surface area contributed by atoms with Crippen molar-refractivity contribution in [2.45, 2.75) is 12.8 Å². The van der Waals surface area contributed by atoms with Crippen LogP contribution in [0.25, 0.3) is 5.82 Å². The highest BCUT2D eigenvalue weighted by Gasteiger charge is 2.35. The van der Waals surface area contributed by atoms with Crippen LogP contribution < -0.4 is 5.32 Å². The fraction of sp³-hybridized carbons (Fsp3) is 0.412. The molecule has 0 radical (unpaired) electrons. The van der Waals surface area contributed by atoms with Crippen molar-refractivity contribution < 1.29 is 4.79 Å². The van der Waals surface area contributed by atoms with Crippen LogP contribution in [0.15, 0.2) is 42.9 Å². The third kappa shape index (κ3) is 2.17. The summed E-state index contributed by atoms with van der Waals surface area (Å²) in [6.45, 7) is 0.754. The maximum atomic E-state index is 12.5. The van der Waals surface area contributed by atoms with E-state index in [4.69, 9.17) is 0 Å². The summed E-state index contributed by atoms with van der Waals surface area (Å²) in [6.07, 6.45) is 12.6. The summed E-state index contributed by atoms with van der Waals surface area (Å²) in [7, 11) is 1.85. The molecule has 0 aromatic carbocycles. The Bertz CT molecular complexity index is 713. The highest BCUT2D eigenvalue weighted by molar-refractivity contribution is 5.97. The molecule has 2 heterocycles. The summed E-state index contributed by atoms with van der Waals surface area (Å²) in [4.78, 5) is 12.5. The predicted octanol–water partition coefficient (Wildman–Crippen LogP) is 2.15. The highest BCUT2D eigenvalue weighted by Crippen LogP contribution is 2.42. The molecule has 3 atom stereocenters. The van der Waals surface area contributed by atoms with Gasteiger partial charge >= 0.3 is 0 Å². The molecule has 1 N–H and O–H groups in total. The molecule has 4 rings (SSSR count). The molecule has 2 bridgehead atoms. The van der Waals surface area contributed by atoms with Crippen LogP contribution in [0.5, 0.6) is 0 Å². The molecule has 0 saturated heterocycles. The van der Waals surface area contributed by atoms with E-state index in [0.717, 1.165) is 18.3 Å². The molecule has 1 amide bonds. The molecule has 0 spiro atoms. The Morgan fingerprint density at radius 3 is 2.82 bits per heavy atom. The lowest BCUT2D eigenvalue weighted by Gasteiger charge is -2.18. The van der Waals surface area contributed by atoms with Gasteiger partial charge in [0.15, 0.2) is 0 Å². The minimum atomic E-state index is -0.0384. The smallest absolute Gasteiger partial charge is 0.256 e. The van der Waals surface area contributed by atoms with Gasteiger partial charge in [0.2, 0.25) is 0 Å². The number of nitrogens with one attached hydrogen (secondary N) is 1. The standard InChI is InChI=1S/C17H20N4O/c1-20-17(21-6-2-3-7-21)15(11-19-20)16(22)18-10-14-9-12-4-5-13(14)8-12/h2-7,11-14H,8-10H2,1H3,(H,18,22)/t12-,13-,14+/m1/s1. The van der Waals surface area contributed by atoms with Crippen LogP contribution in [-0.2, 0) is 7.05 Å². The number of nitrogens with zero attached hydrogens (tertiary/aromatic N) is 3. The first-order valence-electron chi connectivity index (χ1n) is 7.84. The number of rotatable bonds is 4. The molecule has 1 fully saturated rings. The van der Waals surface area contributed by atoms with Gasteiger partial charge in [-0.15, -0.1) is 0 Å². The molecule has 0 unspecified atom stereocenters. The van der Waals surface area contributed by atoms with Gasteiger partial charge in [0.05, 0.1) is 6.20 Å². The number of carbonyl (C=O) groups excluding carboxylic acids is 1. The van der Waals surface area contributed by atoms with E-state index in [1.807, 2.05) is 36.1 Å². The average molecular weight is 296 g/mol. The van der Waals surface area contributed by atoms with Gasteiger partial charge in [0, 0.05) is 26.0 Å². The summed E-state index contributed by atoms with van der Waals surface area (Å²) in [6, 6.07) is 3.88. The van der Waals surface area contributed by atoms with Crippen LogP contribution in [0.2, 0.25) is 0 Å². The Kier molecular flexibility index (Phi) is 3.13. The predicted molar refractivity (Wildman–Crippen MR) is 83.7 cm³/mol. The zero-order chi connectivity index (χ0) is 15.1. The highest BCUT2D eigenvalue weighted by atomic mass is 16.1. The molecule has 5 heteroatoms. The van der Waals surface area contributed by atoms with Crippen molar-refractivity contribution in [3.05, 3.63) is 48.4 Å². The van der Waals surface area contributed by atoms with Crippen molar-refractivity contribution in [2.24, 2.45) is 24.8 Å². The summed E-state index contributed by atoms with van der Waals surface area (Å²) in [5.41, 5.74) is 0.623. The first kappa shape index (κ1) is 13.4. The maximum Gasteiger partial charge on any atom is 0.256 e. The van der Waals surface area contributed by atoms with Crippen molar-refractivity contribution >= 4 is 5.91 Å². The van der Waals surface area contributed by atoms with E-state index in [9.17, 15) is 4.79 Å². The fourth-order valence-electron chi connectivity index (χ4n) is 3.82. The number of allylic oxidation sites excluding steroid dienone is 2. The average Bonchev–Trinajstić information content (AvgIpc) is 3.27. The number of amides is 1. The van der Waals surface area contributed by atoms with Crippen LogP contribution in [0, 0.1) is 17.8 Å². The molecule has 0 aliphatic heterocycles. The van der Waals surface area contributed by atoms with Gasteiger partial charge in [-0.05, 0) is 42.7 Å². The number of aromatic nitrogens is 3. The SMILES string of the molecule is Cn1ncc(C(=O)NC[C@@H]2C[C@@H]3C=C[C@@H]2C3)c1-n1cccc1. The Labute approximate surface area is 129 Å². The van der Waals surface area contributed by atoms with Gasteiger partial charge in [-0.1, -0.05) is 12.2 Å². The van der Waals surface area contributed by atoms with Gasteiger partial charge in [0.1, 0.15) is 11.4 Å². The molecule has 2 aromatic heterocycles. The third-order valence-corrected chi connectivity index (χ3v) is 4.94. The molecule has 2 aliphatic rings. The molecule has 1 saturated carbocycles. The van der Waals surface area contributed by atoms with E-state index in [1.165, 1.54) is 12.8 Å².